The minimum atomic E-state index is -1.36. The summed E-state index contributed by atoms with van der Waals surface area (Å²) in [6.45, 7) is 0.801. The topological polar surface area (TPSA) is 136 Å². The van der Waals surface area contributed by atoms with Gasteiger partial charge in [0.1, 0.15) is 12.1 Å². The summed E-state index contributed by atoms with van der Waals surface area (Å²) in [7, 11) is 0. The first-order valence-corrected chi connectivity index (χ1v) is 12.0. The molecule has 2 atom stereocenters. The second kappa shape index (κ2) is 11.1. The van der Waals surface area contributed by atoms with Gasteiger partial charge in [-0.3, -0.25) is 33.9 Å². The number of aliphatic carboxylic acids is 1. The second-order valence-electron chi connectivity index (χ2n) is 8.78. The zero-order chi connectivity index (χ0) is 25.7. The number of amides is 4. The molecule has 1 fully saturated rings. The van der Waals surface area contributed by atoms with Gasteiger partial charge in [-0.05, 0) is 43.4 Å². The van der Waals surface area contributed by atoms with E-state index in [2.05, 4.69) is 10.7 Å². The first-order valence-electron chi connectivity index (χ1n) is 12.0. The molecule has 36 heavy (non-hydrogen) atoms. The Morgan fingerprint density at radius 1 is 1.00 bits per heavy atom. The van der Waals surface area contributed by atoms with Crippen LogP contribution in [-0.2, 0) is 20.8 Å². The van der Waals surface area contributed by atoms with Crippen LogP contribution in [0.3, 0.4) is 0 Å². The van der Waals surface area contributed by atoms with Gasteiger partial charge in [-0.15, -0.1) is 0 Å². The van der Waals surface area contributed by atoms with Gasteiger partial charge in [-0.2, -0.15) is 0 Å². The highest BCUT2D eigenvalue weighted by molar-refractivity contribution is 6.22. The predicted octanol–water partition coefficient (Wildman–Crippen LogP) is 1.37. The van der Waals surface area contributed by atoms with Crippen LogP contribution in [0.25, 0.3) is 0 Å². The number of rotatable bonds is 9. The Morgan fingerprint density at radius 3 is 2.28 bits per heavy atom. The van der Waals surface area contributed by atoms with E-state index in [4.69, 9.17) is 0 Å². The van der Waals surface area contributed by atoms with Gasteiger partial charge in [0, 0.05) is 19.5 Å². The Balaban J connectivity index is 1.52. The summed E-state index contributed by atoms with van der Waals surface area (Å²) >= 11 is 0. The molecule has 2 aromatic rings. The molecule has 188 valence electrons. The number of carbonyl (C=O) groups excluding carboxylic acids is 4. The van der Waals surface area contributed by atoms with Gasteiger partial charge in [0.05, 0.1) is 11.1 Å². The number of nitrogens with zero attached hydrogens (tertiary/aromatic N) is 2. The Morgan fingerprint density at radius 2 is 1.64 bits per heavy atom. The summed E-state index contributed by atoms with van der Waals surface area (Å²) in [5.74, 6) is -3.51. The van der Waals surface area contributed by atoms with Gasteiger partial charge in [0.25, 0.3) is 17.7 Å². The molecule has 2 aliphatic rings. The zero-order valence-electron chi connectivity index (χ0n) is 19.7. The van der Waals surface area contributed by atoms with Crippen LogP contribution in [-0.4, -0.2) is 69.8 Å². The smallest absolute Gasteiger partial charge is 0.303 e. The molecule has 1 saturated heterocycles. The van der Waals surface area contributed by atoms with Gasteiger partial charge in [-0.25, -0.2) is 5.43 Å². The lowest BCUT2D eigenvalue weighted by molar-refractivity contribution is -0.150. The van der Waals surface area contributed by atoms with E-state index >= 15 is 0 Å². The molecular weight excluding hydrogens is 464 g/mol. The third kappa shape index (κ3) is 5.28. The van der Waals surface area contributed by atoms with Crippen LogP contribution in [0.1, 0.15) is 52.0 Å². The average Bonchev–Trinajstić information content (AvgIpc) is 3.14. The molecular formula is C26H28N4O6. The maximum Gasteiger partial charge on any atom is 0.303 e. The number of imide groups is 1. The molecule has 0 radical (unpaired) electrons. The van der Waals surface area contributed by atoms with Crippen molar-refractivity contribution in [3.8, 4) is 0 Å². The highest BCUT2D eigenvalue weighted by Gasteiger charge is 2.46. The SMILES string of the molecule is O=C(O)CC[C@@H](C(=O)N1NCCC[C@H]1C(=O)NCCc1ccccc1)N1C(=O)c2ccccc2C1=O. The largest absolute Gasteiger partial charge is 0.481 e. The monoisotopic (exact) mass is 492 g/mol. The number of benzene rings is 2. The summed E-state index contributed by atoms with van der Waals surface area (Å²) in [6.07, 6.45) is 0.972. The lowest BCUT2D eigenvalue weighted by Gasteiger charge is -2.38. The lowest BCUT2D eigenvalue weighted by atomic mass is 10.0. The van der Waals surface area contributed by atoms with Crippen LogP contribution in [0.15, 0.2) is 54.6 Å². The van der Waals surface area contributed by atoms with Crippen molar-refractivity contribution in [2.75, 3.05) is 13.1 Å². The number of hydrogen-bond acceptors (Lipinski definition) is 6. The molecule has 10 heteroatoms. The van der Waals surface area contributed by atoms with Crippen molar-refractivity contribution in [2.24, 2.45) is 0 Å². The Labute approximate surface area is 208 Å². The quantitative estimate of drug-likeness (QED) is 0.450. The fourth-order valence-electron chi connectivity index (χ4n) is 4.58. The van der Waals surface area contributed by atoms with Crippen molar-refractivity contribution >= 4 is 29.6 Å². The molecule has 4 amide bonds. The fourth-order valence-corrected chi connectivity index (χ4v) is 4.58. The third-order valence-electron chi connectivity index (χ3n) is 6.40. The number of fused-ring (bicyclic) bond motifs is 1. The summed E-state index contributed by atoms with van der Waals surface area (Å²) in [5, 5.41) is 13.3. The van der Waals surface area contributed by atoms with Crippen molar-refractivity contribution in [3.05, 3.63) is 71.3 Å². The maximum absolute atomic E-state index is 13.7. The molecule has 2 aliphatic heterocycles. The van der Waals surface area contributed by atoms with Crippen LogP contribution in [0.5, 0.6) is 0 Å². The first kappa shape index (κ1) is 25.1. The minimum absolute atomic E-state index is 0.164. The molecule has 0 bridgehead atoms. The second-order valence-corrected chi connectivity index (χ2v) is 8.78. The van der Waals surface area contributed by atoms with E-state index in [1.165, 1.54) is 12.1 Å². The Hall–Kier alpha value is -4.05. The summed E-state index contributed by atoms with van der Waals surface area (Å²) in [4.78, 5) is 65.0. The molecule has 0 unspecified atom stereocenters. The minimum Gasteiger partial charge on any atom is -0.481 e. The standard InChI is InChI=1S/C26H28N4O6/c31-22(32)13-12-21(29-24(34)18-9-4-5-10-19(18)25(29)35)26(36)30-20(11-6-15-28-30)23(33)27-16-14-17-7-2-1-3-8-17/h1-5,7-10,20-21,28H,6,11-16H2,(H,27,33)(H,31,32)/t20-,21-/m0/s1. The van der Waals surface area contributed by atoms with E-state index in [0.717, 1.165) is 15.5 Å². The predicted molar refractivity (Wildman–Crippen MR) is 129 cm³/mol. The van der Waals surface area contributed by atoms with E-state index in [9.17, 15) is 29.1 Å². The van der Waals surface area contributed by atoms with Crippen molar-refractivity contribution < 1.29 is 29.1 Å². The molecule has 10 nitrogen and oxygen atoms in total. The molecule has 0 spiro atoms. The highest BCUT2D eigenvalue weighted by Crippen LogP contribution is 2.27. The normalized spacial score (nSPS) is 18.1. The molecule has 2 heterocycles. The number of carboxylic acid groups (broad SMARTS) is 1. The van der Waals surface area contributed by atoms with Gasteiger partial charge < -0.3 is 10.4 Å². The molecule has 0 aliphatic carbocycles. The van der Waals surface area contributed by atoms with Crippen LogP contribution in [0.2, 0.25) is 0 Å². The number of nitrogens with one attached hydrogen (secondary N) is 2. The van der Waals surface area contributed by atoms with Crippen molar-refractivity contribution in [3.63, 3.8) is 0 Å². The Bertz CT molecular complexity index is 1130. The fraction of sp³-hybridized carbons (Fsp3) is 0.346. The van der Waals surface area contributed by atoms with Crippen LogP contribution in [0.4, 0.5) is 0 Å². The first-order chi connectivity index (χ1) is 17.4. The average molecular weight is 493 g/mol. The van der Waals surface area contributed by atoms with Gasteiger partial charge in [0.2, 0.25) is 5.91 Å². The van der Waals surface area contributed by atoms with Gasteiger partial charge >= 0.3 is 5.97 Å². The van der Waals surface area contributed by atoms with Gasteiger partial charge in [0.15, 0.2) is 0 Å². The van der Waals surface area contributed by atoms with E-state index in [0.29, 0.717) is 32.4 Å². The van der Waals surface area contributed by atoms with Crippen molar-refractivity contribution in [1.82, 2.24) is 20.7 Å². The molecule has 2 aromatic carbocycles. The van der Waals surface area contributed by atoms with E-state index in [1.54, 1.807) is 12.1 Å². The molecule has 4 rings (SSSR count). The number of hydrogen-bond donors (Lipinski definition) is 3. The van der Waals surface area contributed by atoms with Crippen LogP contribution in [0, 0.1) is 0 Å². The van der Waals surface area contributed by atoms with Crippen LogP contribution >= 0.6 is 0 Å². The number of hydrazine groups is 1. The van der Waals surface area contributed by atoms with Crippen molar-refractivity contribution in [2.45, 2.75) is 44.2 Å². The van der Waals surface area contributed by atoms with E-state index in [1.807, 2.05) is 30.3 Å². The third-order valence-corrected chi connectivity index (χ3v) is 6.40. The number of carboxylic acids is 1. The zero-order valence-corrected chi connectivity index (χ0v) is 19.7. The van der Waals surface area contributed by atoms with Crippen LogP contribution < -0.4 is 10.7 Å². The summed E-state index contributed by atoms with van der Waals surface area (Å²) < 4.78 is 0. The number of carbonyl (C=O) groups is 5. The summed E-state index contributed by atoms with van der Waals surface area (Å²) in [5.41, 5.74) is 4.32. The Kier molecular flexibility index (Phi) is 7.74. The van der Waals surface area contributed by atoms with Gasteiger partial charge in [-0.1, -0.05) is 42.5 Å². The van der Waals surface area contributed by atoms with Crippen molar-refractivity contribution in [1.29, 1.82) is 0 Å². The van der Waals surface area contributed by atoms with E-state index < -0.39 is 42.2 Å². The molecule has 3 N–H and O–H groups in total. The lowest BCUT2D eigenvalue weighted by Crippen LogP contribution is -2.63. The maximum atomic E-state index is 13.7. The van der Waals surface area contributed by atoms with E-state index in [-0.39, 0.29) is 23.5 Å². The molecule has 0 saturated carbocycles. The summed E-state index contributed by atoms with van der Waals surface area (Å²) in [6, 6.07) is 13.7. The highest BCUT2D eigenvalue weighted by atomic mass is 16.4. The molecule has 0 aromatic heterocycles.